The van der Waals surface area contributed by atoms with Crippen molar-refractivity contribution >= 4 is 17.3 Å². The van der Waals surface area contributed by atoms with Crippen molar-refractivity contribution in [1.82, 2.24) is 0 Å². The van der Waals surface area contributed by atoms with Gasteiger partial charge in [0.15, 0.2) is 0 Å². The average molecular weight is 356 g/mol. The molecule has 136 valence electrons. The van der Waals surface area contributed by atoms with Crippen molar-refractivity contribution in [3.05, 3.63) is 23.8 Å². The van der Waals surface area contributed by atoms with Crippen molar-refractivity contribution < 1.29 is 31.1 Å². The number of benzene rings is 1. The van der Waals surface area contributed by atoms with Crippen molar-refractivity contribution in [3.8, 4) is 0 Å². The van der Waals surface area contributed by atoms with Crippen molar-refractivity contribution in [2.24, 2.45) is 0 Å². The van der Waals surface area contributed by atoms with Gasteiger partial charge in [0.25, 0.3) is 0 Å². The lowest BCUT2D eigenvalue weighted by molar-refractivity contribution is -0.167. The second-order valence-corrected chi connectivity index (χ2v) is 5.17. The van der Waals surface area contributed by atoms with E-state index in [0.717, 1.165) is 12.1 Å². The van der Waals surface area contributed by atoms with Gasteiger partial charge in [-0.05, 0) is 31.0 Å². The fourth-order valence-electron chi connectivity index (χ4n) is 2.17. The van der Waals surface area contributed by atoms with E-state index in [1.807, 2.05) is 13.8 Å². The van der Waals surface area contributed by atoms with E-state index in [2.05, 4.69) is 0 Å². The Morgan fingerprint density at radius 3 is 2.00 bits per heavy atom. The molecule has 0 saturated carbocycles. The normalized spacial score (nSPS) is 12.2. The highest BCUT2D eigenvalue weighted by Gasteiger charge is 2.39. The molecule has 1 rings (SSSR count). The van der Waals surface area contributed by atoms with E-state index in [0.29, 0.717) is 32.0 Å². The first-order valence-corrected chi connectivity index (χ1v) is 7.35. The summed E-state index contributed by atoms with van der Waals surface area (Å²) in [6.07, 6.45) is -8.62. The van der Waals surface area contributed by atoms with Crippen molar-refractivity contribution in [1.29, 1.82) is 0 Å². The Kier molecular flexibility index (Phi) is 6.50. The monoisotopic (exact) mass is 356 g/mol. The third-order valence-electron chi connectivity index (χ3n) is 3.16. The van der Waals surface area contributed by atoms with E-state index >= 15 is 0 Å². The molecular weight excluding hydrogens is 338 g/mol. The smallest absolute Gasteiger partial charge is 0.370 e. The number of nitrogens with zero attached hydrogens (tertiary/aromatic N) is 1. The van der Waals surface area contributed by atoms with E-state index in [1.54, 1.807) is 10.2 Å². The molecule has 24 heavy (non-hydrogen) atoms. The zero-order chi connectivity index (χ0) is 18.5. The number of alkyl halides is 6. The van der Waals surface area contributed by atoms with Crippen LogP contribution < -0.4 is 10.2 Å². The zero-order valence-corrected chi connectivity index (χ0v) is 13.2. The highest BCUT2D eigenvalue weighted by atomic mass is 19.4. The minimum absolute atomic E-state index is 0.129. The topological polar surface area (TPSA) is 32.3 Å². The van der Waals surface area contributed by atoms with Gasteiger partial charge in [0, 0.05) is 13.1 Å². The molecule has 0 saturated heterocycles. The van der Waals surface area contributed by atoms with Gasteiger partial charge in [-0.2, -0.15) is 26.3 Å². The fraction of sp³-hybridized carbons (Fsp3) is 0.533. The second kappa shape index (κ2) is 7.76. The summed E-state index contributed by atoms with van der Waals surface area (Å²) >= 11 is 0. The van der Waals surface area contributed by atoms with E-state index < -0.39 is 29.5 Å². The third kappa shape index (κ3) is 5.31. The summed E-state index contributed by atoms with van der Waals surface area (Å²) in [7, 11) is 0. The van der Waals surface area contributed by atoms with Gasteiger partial charge < -0.3 is 10.2 Å². The van der Waals surface area contributed by atoms with Crippen LogP contribution in [-0.4, -0.2) is 25.2 Å². The van der Waals surface area contributed by atoms with Gasteiger partial charge in [0.05, 0.1) is 16.9 Å². The van der Waals surface area contributed by atoms with Crippen LogP contribution >= 0.6 is 0 Å². The number of amides is 1. The first-order chi connectivity index (χ1) is 11.0. The number of anilines is 2. The van der Waals surface area contributed by atoms with Crippen LogP contribution in [0.4, 0.5) is 37.7 Å². The van der Waals surface area contributed by atoms with Crippen LogP contribution in [0.5, 0.6) is 0 Å². The Hall–Kier alpha value is -1.93. The van der Waals surface area contributed by atoms with Gasteiger partial charge in [0.1, 0.15) is 0 Å². The fourth-order valence-corrected chi connectivity index (χ4v) is 2.17. The predicted octanol–water partition coefficient (Wildman–Crippen LogP) is 4.83. The van der Waals surface area contributed by atoms with Gasteiger partial charge in [-0.1, -0.05) is 13.8 Å². The number of hydrogen-bond donors (Lipinski definition) is 1. The number of rotatable bonds is 6. The number of carbonyl (C=O) groups excluding carboxylic acids is 1. The standard InChI is InChI=1S/C15H18F6N2O/c1-3-7-23(8-4-2)12-6-5-10(14(16,17)18)9-11(12)22-13(24)15(19,20)21/h5-6,9H,3-4,7-8H2,1-2H3,(H,22,24). The van der Waals surface area contributed by atoms with Crippen LogP contribution in [0.1, 0.15) is 32.3 Å². The van der Waals surface area contributed by atoms with Crippen molar-refractivity contribution in [2.75, 3.05) is 23.3 Å². The molecule has 1 aromatic carbocycles. The third-order valence-corrected chi connectivity index (χ3v) is 3.16. The van der Waals surface area contributed by atoms with Crippen LogP contribution in [0.2, 0.25) is 0 Å². The van der Waals surface area contributed by atoms with Crippen LogP contribution in [-0.2, 0) is 11.0 Å². The lowest BCUT2D eigenvalue weighted by Crippen LogP contribution is -2.32. The molecule has 1 N–H and O–H groups in total. The SMILES string of the molecule is CCCN(CCC)c1ccc(C(F)(F)F)cc1NC(=O)C(F)(F)F. The summed E-state index contributed by atoms with van der Waals surface area (Å²) in [5.41, 5.74) is -1.50. The molecule has 0 aliphatic heterocycles. The number of halogens is 6. The molecule has 0 heterocycles. The molecule has 0 aromatic heterocycles. The lowest BCUT2D eigenvalue weighted by atomic mass is 10.1. The largest absolute Gasteiger partial charge is 0.471 e. The summed E-state index contributed by atoms with van der Waals surface area (Å²) in [5, 5.41) is 1.55. The van der Waals surface area contributed by atoms with E-state index in [1.165, 1.54) is 0 Å². The average Bonchev–Trinajstić information content (AvgIpc) is 2.45. The van der Waals surface area contributed by atoms with Crippen molar-refractivity contribution in [2.45, 2.75) is 39.0 Å². The predicted molar refractivity (Wildman–Crippen MR) is 78.9 cm³/mol. The molecule has 0 bridgehead atoms. The summed E-state index contributed by atoms with van der Waals surface area (Å²) in [5.74, 6) is -2.31. The Morgan fingerprint density at radius 1 is 1.04 bits per heavy atom. The van der Waals surface area contributed by atoms with Gasteiger partial charge in [0.2, 0.25) is 0 Å². The molecule has 1 amide bonds. The molecule has 0 unspecified atom stereocenters. The summed E-state index contributed by atoms with van der Waals surface area (Å²) < 4.78 is 75.8. The van der Waals surface area contributed by atoms with Crippen LogP contribution in [0.25, 0.3) is 0 Å². The Morgan fingerprint density at radius 2 is 1.58 bits per heavy atom. The van der Waals surface area contributed by atoms with Gasteiger partial charge >= 0.3 is 18.3 Å². The maximum absolute atomic E-state index is 12.8. The molecule has 0 aliphatic rings. The minimum atomic E-state index is -5.19. The molecule has 0 spiro atoms. The van der Waals surface area contributed by atoms with Crippen LogP contribution in [0.15, 0.2) is 18.2 Å². The highest BCUT2D eigenvalue weighted by Crippen LogP contribution is 2.36. The van der Waals surface area contributed by atoms with E-state index in [9.17, 15) is 31.1 Å². The van der Waals surface area contributed by atoms with Gasteiger partial charge in [-0.25, -0.2) is 0 Å². The van der Waals surface area contributed by atoms with Crippen LogP contribution in [0.3, 0.4) is 0 Å². The molecule has 3 nitrogen and oxygen atoms in total. The minimum Gasteiger partial charge on any atom is -0.370 e. The molecule has 0 radical (unpaired) electrons. The molecule has 9 heteroatoms. The van der Waals surface area contributed by atoms with E-state index in [4.69, 9.17) is 0 Å². The molecular formula is C15H18F6N2O. The molecule has 0 aliphatic carbocycles. The lowest BCUT2D eigenvalue weighted by Gasteiger charge is -2.27. The number of carbonyl (C=O) groups is 1. The first-order valence-electron chi connectivity index (χ1n) is 7.35. The Labute approximate surface area is 135 Å². The summed E-state index contributed by atoms with van der Waals surface area (Å²) in [6.45, 7) is 4.55. The van der Waals surface area contributed by atoms with Crippen molar-refractivity contribution in [3.63, 3.8) is 0 Å². The van der Waals surface area contributed by atoms with Crippen LogP contribution in [0, 0.1) is 0 Å². The summed E-state index contributed by atoms with van der Waals surface area (Å²) in [4.78, 5) is 12.8. The number of nitrogens with one attached hydrogen (secondary N) is 1. The van der Waals surface area contributed by atoms with Gasteiger partial charge in [-0.3, -0.25) is 4.79 Å². The Balaban J connectivity index is 3.33. The summed E-state index contributed by atoms with van der Waals surface area (Å²) in [6, 6.07) is 2.40. The zero-order valence-electron chi connectivity index (χ0n) is 13.2. The van der Waals surface area contributed by atoms with E-state index in [-0.39, 0.29) is 5.69 Å². The Bertz CT molecular complexity index is 562. The molecule has 1 aromatic rings. The molecule has 0 atom stereocenters. The second-order valence-electron chi connectivity index (χ2n) is 5.17. The highest BCUT2D eigenvalue weighted by molar-refractivity contribution is 5.98. The van der Waals surface area contributed by atoms with Gasteiger partial charge in [-0.15, -0.1) is 0 Å². The maximum Gasteiger partial charge on any atom is 0.471 e. The number of hydrogen-bond acceptors (Lipinski definition) is 2. The molecule has 0 fully saturated rings. The quantitative estimate of drug-likeness (QED) is 0.741. The maximum atomic E-state index is 12.8. The first kappa shape index (κ1) is 20.1.